The van der Waals surface area contributed by atoms with Gasteiger partial charge in [-0.3, -0.25) is 0 Å². The van der Waals surface area contributed by atoms with Crippen LogP contribution >= 0.6 is 0 Å². The number of ether oxygens (including phenoxy) is 1. The van der Waals surface area contributed by atoms with Crippen molar-refractivity contribution in [3.63, 3.8) is 0 Å². The van der Waals surface area contributed by atoms with E-state index in [0.717, 1.165) is 24.0 Å². The molecular formula is C15H28N4O. The van der Waals surface area contributed by atoms with Gasteiger partial charge < -0.3 is 15.0 Å². The summed E-state index contributed by atoms with van der Waals surface area (Å²) in [5.74, 6) is 2.65. The first kappa shape index (κ1) is 16.7. The van der Waals surface area contributed by atoms with Crippen LogP contribution in [0.2, 0.25) is 0 Å². The van der Waals surface area contributed by atoms with E-state index < -0.39 is 0 Å². The Labute approximate surface area is 122 Å². The van der Waals surface area contributed by atoms with E-state index in [2.05, 4.69) is 49.8 Å². The van der Waals surface area contributed by atoms with E-state index in [9.17, 15) is 0 Å². The van der Waals surface area contributed by atoms with Crippen LogP contribution in [0.3, 0.4) is 0 Å². The maximum atomic E-state index is 5.20. The molecule has 0 radical (unpaired) electrons. The maximum Gasteiger partial charge on any atom is 0.138 e. The number of hydrogen-bond acceptors (Lipinski definition) is 5. The Morgan fingerprint density at radius 2 is 1.95 bits per heavy atom. The molecule has 0 amide bonds. The maximum absolute atomic E-state index is 5.20. The molecule has 20 heavy (non-hydrogen) atoms. The van der Waals surface area contributed by atoms with Crippen LogP contribution in [0.25, 0.3) is 0 Å². The lowest BCUT2D eigenvalue weighted by Crippen LogP contribution is -2.35. The van der Waals surface area contributed by atoms with Gasteiger partial charge >= 0.3 is 0 Å². The Bertz CT molecular complexity index is 426. The van der Waals surface area contributed by atoms with E-state index in [1.165, 1.54) is 0 Å². The van der Waals surface area contributed by atoms with Gasteiger partial charge in [-0.05, 0) is 13.8 Å². The van der Waals surface area contributed by atoms with Gasteiger partial charge in [-0.1, -0.05) is 20.8 Å². The smallest absolute Gasteiger partial charge is 0.138 e. The molecule has 5 heteroatoms. The molecular weight excluding hydrogens is 252 g/mol. The monoisotopic (exact) mass is 280 g/mol. The van der Waals surface area contributed by atoms with E-state index in [0.29, 0.717) is 12.6 Å². The van der Waals surface area contributed by atoms with Gasteiger partial charge in [-0.25, -0.2) is 9.97 Å². The molecule has 1 aromatic heterocycles. The number of aromatic nitrogens is 2. The Morgan fingerprint density at radius 3 is 2.40 bits per heavy atom. The van der Waals surface area contributed by atoms with Crippen LogP contribution in [0.5, 0.6) is 0 Å². The summed E-state index contributed by atoms with van der Waals surface area (Å²) >= 11 is 0. The minimum Gasteiger partial charge on any atom is -0.383 e. The summed E-state index contributed by atoms with van der Waals surface area (Å²) in [7, 11) is 3.60. The van der Waals surface area contributed by atoms with Crippen LogP contribution in [-0.2, 0) is 10.2 Å². The number of nitrogens with one attached hydrogen (secondary N) is 1. The highest BCUT2D eigenvalue weighted by atomic mass is 16.5. The number of nitrogens with zero attached hydrogens (tertiary/aromatic N) is 3. The molecule has 0 fully saturated rings. The number of methoxy groups -OCH3 is 1. The summed E-state index contributed by atoms with van der Waals surface area (Å²) in [5, 5.41) is 3.12. The average molecular weight is 280 g/mol. The third-order valence-corrected chi connectivity index (χ3v) is 3.09. The normalized spacial score (nSPS) is 11.8. The largest absolute Gasteiger partial charge is 0.383 e. The highest BCUT2D eigenvalue weighted by Gasteiger charge is 2.21. The zero-order chi connectivity index (χ0) is 15.3. The molecule has 1 aromatic rings. The van der Waals surface area contributed by atoms with Gasteiger partial charge in [-0.15, -0.1) is 0 Å². The van der Waals surface area contributed by atoms with Crippen molar-refractivity contribution in [2.45, 2.75) is 46.1 Å². The van der Waals surface area contributed by atoms with Gasteiger partial charge in [0.15, 0.2) is 0 Å². The lowest BCUT2D eigenvalue weighted by atomic mass is 9.96. The Kier molecular flexibility index (Phi) is 5.74. The van der Waals surface area contributed by atoms with Crippen molar-refractivity contribution in [2.75, 3.05) is 37.5 Å². The summed E-state index contributed by atoms with van der Waals surface area (Å²) in [6.45, 7) is 12.2. The van der Waals surface area contributed by atoms with Crippen LogP contribution in [0, 0.1) is 0 Å². The molecule has 0 saturated heterocycles. The first-order valence-electron chi connectivity index (χ1n) is 7.12. The van der Waals surface area contributed by atoms with Crippen molar-refractivity contribution in [3.05, 3.63) is 11.9 Å². The summed E-state index contributed by atoms with van der Waals surface area (Å²) in [4.78, 5) is 11.5. The van der Waals surface area contributed by atoms with Crippen molar-refractivity contribution >= 4 is 11.6 Å². The van der Waals surface area contributed by atoms with Crippen molar-refractivity contribution < 1.29 is 4.74 Å². The second kappa shape index (κ2) is 6.88. The fraction of sp³-hybridized carbons (Fsp3) is 0.733. The molecule has 0 unspecified atom stereocenters. The van der Waals surface area contributed by atoms with Crippen molar-refractivity contribution in [3.8, 4) is 0 Å². The number of rotatable bonds is 6. The van der Waals surface area contributed by atoms with Gasteiger partial charge in [-0.2, -0.15) is 0 Å². The van der Waals surface area contributed by atoms with Crippen molar-refractivity contribution in [1.29, 1.82) is 0 Å². The van der Waals surface area contributed by atoms with Crippen molar-refractivity contribution in [2.24, 2.45) is 0 Å². The van der Waals surface area contributed by atoms with Crippen LogP contribution in [0.4, 0.5) is 11.6 Å². The highest BCUT2D eigenvalue weighted by Crippen LogP contribution is 2.24. The fourth-order valence-electron chi connectivity index (χ4n) is 1.87. The van der Waals surface area contributed by atoms with E-state index in [1.54, 1.807) is 7.11 Å². The van der Waals surface area contributed by atoms with Gasteiger partial charge in [0.1, 0.15) is 17.5 Å². The molecule has 5 nitrogen and oxygen atoms in total. The topological polar surface area (TPSA) is 50.3 Å². The standard InChI is InChI=1S/C15H28N4O/c1-11(2)19(8-9-20-7)13-10-12(16-6)17-14(18-13)15(3,4)5/h10-11H,8-9H2,1-7H3,(H,16,17,18). The lowest BCUT2D eigenvalue weighted by Gasteiger charge is -2.29. The lowest BCUT2D eigenvalue weighted by molar-refractivity contribution is 0.203. The summed E-state index contributed by atoms with van der Waals surface area (Å²) in [6.07, 6.45) is 0. The quantitative estimate of drug-likeness (QED) is 0.868. The minimum atomic E-state index is -0.0779. The van der Waals surface area contributed by atoms with E-state index >= 15 is 0 Å². The molecule has 0 aliphatic rings. The molecule has 1 heterocycles. The SMILES string of the molecule is CNc1cc(N(CCOC)C(C)C)nc(C(C)(C)C)n1. The van der Waals surface area contributed by atoms with E-state index in [4.69, 9.17) is 9.72 Å². The molecule has 0 saturated carbocycles. The molecule has 1 N–H and O–H groups in total. The highest BCUT2D eigenvalue weighted by molar-refractivity contribution is 5.50. The third kappa shape index (κ3) is 4.34. The second-order valence-electron chi connectivity index (χ2n) is 6.21. The van der Waals surface area contributed by atoms with E-state index in [1.807, 2.05) is 13.1 Å². The fourth-order valence-corrected chi connectivity index (χ4v) is 1.87. The summed E-state index contributed by atoms with van der Waals surface area (Å²) in [6, 6.07) is 2.35. The van der Waals surface area contributed by atoms with Crippen LogP contribution in [0.15, 0.2) is 6.07 Å². The minimum absolute atomic E-state index is 0.0779. The van der Waals surface area contributed by atoms with Crippen LogP contribution < -0.4 is 10.2 Å². The Balaban J connectivity index is 3.19. The number of anilines is 2. The molecule has 1 rings (SSSR count). The number of hydrogen-bond donors (Lipinski definition) is 1. The Hall–Kier alpha value is -1.36. The summed E-state index contributed by atoms with van der Waals surface area (Å²) in [5.41, 5.74) is -0.0779. The second-order valence-corrected chi connectivity index (χ2v) is 6.21. The molecule has 0 aromatic carbocycles. The van der Waals surface area contributed by atoms with Crippen LogP contribution in [0.1, 0.15) is 40.4 Å². The van der Waals surface area contributed by atoms with Crippen molar-refractivity contribution in [1.82, 2.24) is 9.97 Å². The zero-order valence-corrected chi connectivity index (χ0v) is 13.8. The molecule has 0 aliphatic carbocycles. The average Bonchev–Trinajstić information content (AvgIpc) is 2.37. The van der Waals surface area contributed by atoms with Crippen LogP contribution in [-0.4, -0.2) is 43.3 Å². The molecule has 0 spiro atoms. The van der Waals surface area contributed by atoms with Gasteiger partial charge in [0.2, 0.25) is 0 Å². The van der Waals surface area contributed by atoms with E-state index in [-0.39, 0.29) is 5.41 Å². The summed E-state index contributed by atoms with van der Waals surface area (Å²) < 4.78 is 5.20. The molecule has 0 bridgehead atoms. The Morgan fingerprint density at radius 1 is 1.30 bits per heavy atom. The van der Waals surface area contributed by atoms with Gasteiger partial charge in [0.25, 0.3) is 0 Å². The molecule has 0 aliphatic heterocycles. The van der Waals surface area contributed by atoms with Gasteiger partial charge in [0.05, 0.1) is 6.61 Å². The molecule has 0 atom stereocenters. The third-order valence-electron chi connectivity index (χ3n) is 3.09. The zero-order valence-electron chi connectivity index (χ0n) is 13.8. The first-order chi connectivity index (χ1) is 9.29. The first-order valence-corrected chi connectivity index (χ1v) is 7.12. The predicted octanol–water partition coefficient (Wildman–Crippen LogP) is 2.68. The van der Waals surface area contributed by atoms with Gasteiger partial charge in [0, 0.05) is 38.2 Å². The predicted molar refractivity (Wildman–Crippen MR) is 84.6 cm³/mol. The molecule has 114 valence electrons.